The van der Waals surface area contributed by atoms with Crippen LogP contribution in [0.25, 0.3) is 0 Å². The van der Waals surface area contributed by atoms with Crippen LogP contribution in [-0.4, -0.2) is 37.8 Å². The highest BCUT2D eigenvalue weighted by molar-refractivity contribution is 6.30. The van der Waals surface area contributed by atoms with Gasteiger partial charge in [-0.05, 0) is 47.5 Å². The normalized spacial score (nSPS) is 18.4. The standard InChI is InChI=1S/C27H26Cl2N2O3/c1-17(16-32)15-31-25(19-9-13-21(29)14-10-19)24(18-7-11-20(28)12-8-18)30-27(31)22-5-4-6-23(33-2)26(22)34-3/h4-14,16-17,24-25H,15H2,1-3H3. The van der Waals surface area contributed by atoms with Crippen molar-refractivity contribution in [2.45, 2.75) is 19.0 Å². The van der Waals surface area contributed by atoms with Crippen LogP contribution in [0.2, 0.25) is 10.0 Å². The van der Waals surface area contributed by atoms with Gasteiger partial charge in [0.05, 0.1) is 25.8 Å². The van der Waals surface area contributed by atoms with Gasteiger partial charge in [-0.3, -0.25) is 4.99 Å². The lowest BCUT2D eigenvalue weighted by molar-refractivity contribution is -0.111. The average Bonchev–Trinajstić information content (AvgIpc) is 3.22. The van der Waals surface area contributed by atoms with E-state index in [1.807, 2.05) is 73.7 Å². The minimum absolute atomic E-state index is 0.160. The molecule has 1 heterocycles. The number of halogens is 2. The molecule has 0 bridgehead atoms. The number of para-hydroxylation sites is 1. The average molecular weight is 497 g/mol. The van der Waals surface area contributed by atoms with E-state index in [9.17, 15) is 4.79 Å². The molecule has 4 rings (SSSR count). The van der Waals surface area contributed by atoms with Crippen molar-refractivity contribution in [1.82, 2.24) is 4.90 Å². The summed E-state index contributed by atoms with van der Waals surface area (Å²) in [6.45, 7) is 2.39. The summed E-state index contributed by atoms with van der Waals surface area (Å²) in [5.74, 6) is 1.74. The van der Waals surface area contributed by atoms with Crippen molar-refractivity contribution in [3.63, 3.8) is 0 Å². The van der Waals surface area contributed by atoms with E-state index in [4.69, 9.17) is 37.7 Å². The minimum atomic E-state index is -0.233. The Balaban J connectivity index is 1.92. The van der Waals surface area contributed by atoms with Crippen LogP contribution in [0.1, 0.15) is 35.7 Å². The second kappa shape index (κ2) is 10.5. The molecule has 3 unspecified atom stereocenters. The molecule has 0 amide bonds. The molecule has 3 aromatic rings. The molecular formula is C27H26Cl2N2O3. The van der Waals surface area contributed by atoms with Crippen LogP contribution in [0.5, 0.6) is 11.5 Å². The van der Waals surface area contributed by atoms with Gasteiger partial charge in [-0.25, -0.2) is 0 Å². The Hall–Kier alpha value is -3.02. The highest BCUT2D eigenvalue weighted by Gasteiger charge is 2.40. The molecule has 34 heavy (non-hydrogen) atoms. The number of methoxy groups -OCH3 is 2. The number of aldehydes is 1. The van der Waals surface area contributed by atoms with E-state index in [2.05, 4.69) is 4.90 Å². The number of ether oxygens (including phenoxy) is 2. The highest BCUT2D eigenvalue weighted by atomic mass is 35.5. The first-order valence-electron chi connectivity index (χ1n) is 11.0. The van der Waals surface area contributed by atoms with Crippen molar-refractivity contribution >= 4 is 35.3 Å². The molecule has 176 valence electrons. The first-order valence-corrected chi connectivity index (χ1v) is 11.7. The molecule has 5 nitrogen and oxygen atoms in total. The number of amidine groups is 1. The van der Waals surface area contributed by atoms with Crippen LogP contribution in [0, 0.1) is 5.92 Å². The third-order valence-electron chi connectivity index (χ3n) is 5.95. The maximum absolute atomic E-state index is 11.7. The van der Waals surface area contributed by atoms with Gasteiger partial charge in [0.1, 0.15) is 18.2 Å². The zero-order valence-corrected chi connectivity index (χ0v) is 20.8. The first-order chi connectivity index (χ1) is 16.5. The summed E-state index contributed by atoms with van der Waals surface area (Å²) in [6, 6.07) is 20.8. The van der Waals surface area contributed by atoms with Crippen molar-refractivity contribution in [2.24, 2.45) is 10.9 Å². The topological polar surface area (TPSA) is 51.1 Å². The fourth-order valence-corrected chi connectivity index (χ4v) is 4.61. The Morgan fingerprint density at radius 3 is 2.12 bits per heavy atom. The molecular weight excluding hydrogens is 471 g/mol. The van der Waals surface area contributed by atoms with Gasteiger partial charge in [-0.1, -0.05) is 60.5 Å². The number of carbonyl (C=O) groups is 1. The molecule has 0 spiro atoms. The third-order valence-corrected chi connectivity index (χ3v) is 6.46. The van der Waals surface area contributed by atoms with E-state index in [-0.39, 0.29) is 18.0 Å². The summed E-state index contributed by atoms with van der Waals surface area (Å²) in [7, 11) is 3.22. The molecule has 0 fully saturated rings. The Morgan fingerprint density at radius 2 is 1.56 bits per heavy atom. The van der Waals surface area contributed by atoms with E-state index in [0.717, 1.165) is 28.8 Å². The number of benzene rings is 3. The molecule has 0 aromatic heterocycles. The molecule has 1 aliphatic heterocycles. The Morgan fingerprint density at radius 1 is 0.941 bits per heavy atom. The second-order valence-corrected chi connectivity index (χ2v) is 9.13. The smallest absolute Gasteiger partial charge is 0.171 e. The van der Waals surface area contributed by atoms with Gasteiger partial charge < -0.3 is 19.2 Å². The number of rotatable bonds is 8. The second-order valence-electron chi connectivity index (χ2n) is 8.25. The first kappa shape index (κ1) is 24.1. The lowest BCUT2D eigenvalue weighted by atomic mass is 9.93. The van der Waals surface area contributed by atoms with Crippen LogP contribution in [-0.2, 0) is 4.79 Å². The van der Waals surface area contributed by atoms with Crippen molar-refractivity contribution < 1.29 is 14.3 Å². The SMILES string of the molecule is COc1cccc(C2=NC(c3ccc(Cl)cc3)C(c3ccc(Cl)cc3)N2CC(C)C=O)c1OC. The number of hydrogen-bond acceptors (Lipinski definition) is 5. The fraction of sp³-hybridized carbons (Fsp3) is 0.259. The number of nitrogens with zero attached hydrogens (tertiary/aromatic N) is 2. The molecule has 1 aliphatic rings. The van der Waals surface area contributed by atoms with Crippen molar-refractivity contribution in [2.75, 3.05) is 20.8 Å². The van der Waals surface area contributed by atoms with E-state index in [1.165, 1.54) is 0 Å². The molecule has 0 radical (unpaired) electrons. The van der Waals surface area contributed by atoms with Crippen LogP contribution >= 0.6 is 23.2 Å². The van der Waals surface area contributed by atoms with Gasteiger partial charge in [0, 0.05) is 22.5 Å². The molecule has 0 aliphatic carbocycles. The van der Waals surface area contributed by atoms with E-state index >= 15 is 0 Å². The predicted molar refractivity (Wildman–Crippen MR) is 136 cm³/mol. The predicted octanol–water partition coefficient (Wildman–Crippen LogP) is 6.39. The maximum atomic E-state index is 11.7. The van der Waals surface area contributed by atoms with Crippen molar-refractivity contribution in [3.8, 4) is 11.5 Å². The monoisotopic (exact) mass is 496 g/mol. The zero-order chi connectivity index (χ0) is 24.2. The summed E-state index contributed by atoms with van der Waals surface area (Å²) >= 11 is 12.4. The summed E-state index contributed by atoms with van der Waals surface area (Å²) in [5.41, 5.74) is 2.86. The third kappa shape index (κ3) is 4.77. The molecule has 0 N–H and O–H groups in total. The number of hydrogen-bond donors (Lipinski definition) is 0. The lowest BCUT2D eigenvalue weighted by Crippen LogP contribution is -2.36. The largest absolute Gasteiger partial charge is 0.493 e. The van der Waals surface area contributed by atoms with Crippen LogP contribution in [0.15, 0.2) is 71.7 Å². The van der Waals surface area contributed by atoms with E-state index < -0.39 is 0 Å². The van der Waals surface area contributed by atoms with E-state index in [0.29, 0.717) is 28.1 Å². The van der Waals surface area contributed by atoms with Crippen molar-refractivity contribution in [3.05, 3.63) is 93.5 Å². The van der Waals surface area contributed by atoms with Gasteiger partial charge in [0.15, 0.2) is 11.5 Å². The van der Waals surface area contributed by atoms with Crippen LogP contribution < -0.4 is 9.47 Å². The molecule has 3 aromatic carbocycles. The van der Waals surface area contributed by atoms with E-state index in [1.54, 1.807) is 14.2 Å². The van der Waals surface area contributed by atoms with Gasteiger partial charge in [0.25, 0.3) is 0 Å². The molecule has 7 heteroatoms. The summed E-state index contributed by atoms with van der Waals surface area (Å²) < 4.78 is 11.3. The fourth-order valence-electron chi connectivity index (χ4n) is 4.36. The van der Waals surface area contributed by atoms with Crippen molar-refractivity contribution in [1.29, 1.82) is 0 Å². The lowest BCUT2D eigenvalue weighted by Gasteiger charge is -2.32. The quantitative estimate of drug-likeness (QED) is 0.339. The van der Waals surface area contributed by atoms with Gasteiger partial charge in [-0.2, -0.15) is 0 Å². The highest BCUT2D eigenvalue weighted by Crippen LogP contribution is 2.46. The summed E-state index contributed by atoms with van der Waals surface area (Å²) in [4.78, 5) is 19.1. The zero-order valence-electron chi connectivity index (χ0n) is 19.2. The molecule has 0 saturated heterocycles. The minimum Gasteiger partial charge on any atom is -0.493 e. The number of aliphatic imine (C=N–C) groups is 1. The van der Waals surface area contributed by atoms with Crippen LogP contribution in [0.3, 0.4) is 0 Å². The summed E-state index contributed by atoms with van der Waals surface area (Å²) in [6.07, 6.45) is 0.967. The number of carbonyl (C=O) groups excluding carboxylic acids is 1. The Labute approximate surface area is 209 Å². The molecule has 0 saturated carbocycles. The summed E-state index contributed by atoms with van der Waals surface area (Å²) in [5, 5.41) is 1.32. The Kier molecular flexibility index (Phi) is 7.44. The molecule has 3 atom stereocenters. The maximum Gasteiger partial charge on any atom is 0.171 e. The van der Waals surface area contributed by atoms with Gasteiger partial charge in [0.2, 0.25) is 0 Å². The van der Waals surface area contributed by atoms with Gasteiger partial charge in [-0.15, -0.1) is 0 Å². The Bertz CT molecular complexity index is 1180. The van der Waals surface area contributed by atoms with Gasteiger partial charge >= 0.3 is 0 Å². The van der Waals surface area contributed by atoms with Crippen LogP contribution in [0.4, 0.5) is 0 Å².